The first kappa shape index (κ1) is 16.9. The Hall–Kier alpha value is -2.44. The quantitative estimate of drug-likeness (QED) is 0.846. The zero-order valence-electron chi connectivity index (χ0n) is 13.7. The van der Waals surface area contributed by atoms with Crippen molar-refractivity contribution >= 4 is 12.0 Å². The van der Waals surface area contributed by atoms with Gasteiger partial charge in [-0.1, -0.05) is 0 Å². The monoisotopic (exact) mass is 322 g/mol. The fourth-order valence-electron chi connectivity index (χ4n) is 2.55. The number of amides is 2. The Bertz CT molecular complexity index is 553. The standard InChI is InChI=1S/C16H22N2O5/c1-21-13-9-12(10-14(11-13)22-2)15(19)17-5-4-6-18(8-7-17)16(20)23-3/h9-11H,4-8H2,1-3H3. The molecule has 1 aliphatic rings. The second-order valence-corrected chi connectivity index (χ2v) is 5.20. The summed E-state index contributed by atoms with van der Waals surface area (Å²) in [5.74, 6) is 1.03. The van der Waals surface area contributed by atoms with Crippen molar-refractivity contribution in [2.24, 2.45) is 0 Å². The number of carbonyl (C=O) groups excluding carboxylic acids is 2. The third-order valence-electron chi connectivity index (χ3n) is 3.81. The van der Waals surface area contributed by atoms with E-state index in [4.69, 9.17) is 14.2 Å². The molecule has 1 aliphatic heterocycles. The lowest BCUT2D eigenvalue weighted by atomic mass is 10.1. The minimum Gasteiger partial charge on any atom is -0.497 e. The summed E-state index contributed by atoms with van der Waals surface area (Å²) in [5.41, 5.74) is 0.507. The normalized spacial score (nSPS) is 14.9. The molecule has 1 heterocycles. The van der Waals surface area contributed by atoms with Crippen LogP contribution in [0.1, 0.15) is 16.8 Å². The maximum absolute atomic E-state index is 12.7. The zero-order valence-corrected chi connectivity index (χ0v) is 13.7. The third kappa shape index (κ3) is 4.06. The summed E-state index contributed by atoms with van der Waals surface area (Å²) in [6, 6.07) is 5.10. The van der Waals surface area contributed by atoms with Gasteiger partial charge in [0.05, 0.1) is 21.3 Å². The molecule has 1 aromatic rings. The van der Waals surface area contributed by atoms with E-state index >= 15 is 0 Å². The van der Waals surface area contributed by atoms with Crippen LogP contribution in [0.15, 0.2) is 18.2 Å². The van der Waals surface area contributed by atoms with E-state index in [-0.39, 0.29) is 12.0 Å². The highest BCUT2D eigenvalue weighted by molar-refractivity contribution is 5.95. The highest BCUT2D eigenvalue weighted by Gasteiger charge is 2.23. The molecule has 0 bridgehead atoms. The fourth-order valence-corrected chi connectivity index (χ4v) is 2.55. The smallest absolute Gasteiger partial charge is 0.409 e. The number of ether oxygens (including phenoxy) is 3. The number of carbonyl (C=O) groups is 2. The van der Waals surface area contributed by atoms with Gasteiger partial charge in [0.2, 0.25) is 0 Å². The molecule has 2 rings (SSSR count). The van der Waals surface area contributed by atoms with Crippen molar-refractivity contribution in [3.05, 3.63) is 23.8 Å². The van der Waals surface area contributed by atoms with E-state index < -0.39 is 0 Å². The number of nitrogens with zero attached hydrogens (tertiary/aromatic N) is 2. The van der Waals surface area contributed by atoms with Gasteiger partial charge in [-0.05, 0) is 18.6 Å². The molecule has 1 aromatic carbocycles. The average Bonchev–Trinajstić information content (AvgIpc) is 2.85. The van der Waals surface area contributed by atoms with Gasteiger partial charge in [0.1, 0.15) is 11.5 Å². The first-order chi connectivity index (χ1) is 11.1. The molecule has 1 fully saturated rings. The maximum atomic E-state index is 12.7. The van der Waals surface area contributed by atoms with Crippen LogP contribution in [-0.4, -0.2) is 69.3 Å². The Labute approximate surface area is 135 Å². The largest absolute Gasteiger partial charge is 0.497 e. The predicted octanol–water partition coefficient (Wildman–Crippen LogP) is 1.62. The number of hydrogen-bond acceptors (Lipinski definition) is 5. The van der Waals surface area contributed by atoms with Crippen LogP contribution < -0.4 is 9.47 Å². The Kier molecular flexibility index (Phi) is 5.67. The maximum Gasteiger partial charge on any atom is 0.409 e. The summed E-state index contributed by atoms with van der Waals surface area (Å²) in [4.78, 5) is 27.7. The molecule has 1 saturated heterocycles. The molecule has 7 heteroatoms. The summed E-state index contributed by atoms with van der Waals surface area (Å²) in [6.45, 7) is 2.09. The minimum absolute atomic E-state index is 0.103. The van der Waals surface area contributed by atoms with Gasteiger partial charge in [-0.2, -0.15) is 0 Å². The topological polar surface area (TPSA) is 68.3 Å². The molecule has 0 spiro atoms. The number of rotatable bonds is 3. The first-order valence-electron chi connectivity index (χ1n) is 7.44. The second kappa shape index (κ2) is 7.71. The summed E-state index contributed by atoms with van der Waals surface area (Å²) in [7, 11) is 4.45. The molecule has 126 valence electrons. The summed E-state index contributed by atoms with van der Waals surface area (Å²) >= 11 is 0. The van der Waals surface area contributed by atoms with Gasteiger partial charge in [0, 0.05) is 37.8 Å². The molecule has 0 N–H and O–H groups in total. The van der Waals surface area contributed by atoms with Crippen LogP contribution in [0.5, 0.6) is 11.5 Å². The molecule has 0 radical (unpaired) electrons. The predicted molar refractivity (Wildman–Crippen MR) is 84.0 cm³/mol. The van der Waals surface area contributed by atoms with Crippen LogP contribution in [0.25, 0.3) is 0 Å². The molecule has 0 aromatic heterocycles. The lowest BCUT2D eigenvalue weighted by molar-refractivity contribution is 0.0756. The molecule has 23 heavy (non-hydrogen) atoms. The van der Waals surface area contributed by atoms with E-state index in [0.29, 0.717) is 49.7 Å². The van der Waals surface area contributed by atoms with Crippen LogP contribution in [-0.2, 0) is 4.74 Å². The Morgan fingerprint density at radius 1 is 0.870 bits per heavy atom. The molecule has 0 aliphatic carbocycles. The molecule has 0 unspecified atom stereocenters. The minimum atomic E-state index is -0.359. The Balaban J connectivity index is 2.12. The van der Waals surface area contributed by atoms with Crippen LogP contribution in [0.4, 0.5) is 4.79 Å². The van der Waals surface area contributed by atoms with Gasteiger partial charge < -0.3 is 24.0 Å². The van der Waals surface area contributed by atoms with Gasteiger partial charge in [-0.3, -0.25) is 4.79 Å². The summed E-state index contributed by atoms with van der Waals surface area (Å²) in [6.07, 6.45) is 0.351. The van der Waals surface area contributed by atoms with E-state index in [1.165, 1.54) is 7.11 Å². The summed E-state index contributed by atoms with van der Waals surface area (Å²) < 4.78 is 15.1. The molecular formula is C16H22N2O5. The van der Waals surface area contributed by atoms with Crippen molar-refractivity contribution in [2.75, 3.05) is 47.5 Å². The van der Waals surface area contributed by atoms with E-state index in [1.807, 2.05) is 0 Å². The van der Waals surface area contributed by atoms with E-state index in [9.17, 15) is 9.59 Å². The van der Waals surface area contributed by atoms with Crippen molar-refractivity contribution in [2.45, 2.75) is 6.42 Å². The van der Waals surface area contributed by atoms with Crippen molar-refractivity contribution in [3.8, 4) is 11.5 Å². The molecule has 0 atom stereocenters. The van der Waals surface area contributed by atoms with Crippen LogP contribution in [0, 0.1) is 0 Å². The molecule has 0 saturated carbocycles. The van der Waals surface area contributed by atoms with E-state index in [2.05, 4.69) is 0 Å². The number of methoxy groups -OCH3 is 3. The van der Waals surface area contributed by atoms with Gasteiger partial charge in [-0.15, -0.1) is 0 Å². The van der Waals surface area contributed by atoms with Crippen LogP contribution in [0.3, 0.4) is 0 Å². The Morgan fingerprint density at radius 3 is 2.00 bits per heavy atom. The highest BCUT2D eigenvalue weighted by Crippen LogP contribution is 2.23. The van der Waals surface area contributed by atoms with Crippen molar-refractivity contribution < 1.29 is 23.8 Å². The summed E-state index contributed by atoms with van der Waals surface area (Å²) in [5, 5.41) is 0. The van der Waals surface area contributed by atoms with Gasteiger partial charge in [-0.25, -0.2) is 4.79 Å². The third-order valence-corrected chi connectivity index (χ3v) is 3.81. The number of benzene rings is 1. The lowest BCUT2D eigenvalue weighted by Gasteiger charge is -2.22. The SMILES string of the molecule is COC(=O)N1CCCN(C(=O)c2cc(OC)cc(OC)c2)CC1. The van der Waals surface area contributed by atoms with Crippen LogP contribution in [0.2, 0.25) is 0 Å². The fraction of sp³-hybridized carbons (Fsp3) is 0.500. The first-order valence-corrected chi connectivity index (χ1v) is 7.44. The molecular weight excluding hydrogens is 300 g/mol. The molecule has 2 amide bonds. The van der Waals surface area contributed by atoms with Gasteiger partial charge in [0.25, 0.3) is 5.91 Å². The van der Waals surface area contributed by atoms with E-state index in [1.54, 1.807) is 42.2 Å². The van der Waals surface area contributed by atoms with Crippen molar-refractivity contribution in [1.82, 2.24) is 9.80 Å². The van der Waals surface area contributed by atoms with Crippen molar-refractivity contribution in [3.63, 3.8) is 0 Å². The highest BCUT2D eigenvalue weighted by atomic mass is 16.5. The zero-order chi connectivity index (χ0) is 16.8. The Morgan fingerprint density at radius 2 is 1.43 bits per heavy atom. The second-order valence-electron chi connectivity index (χ2n) is 5.20. The van der Waals surface area contributed by atoms with Crippen LogP contribution >= 0.6 is 0 Å². The average molecular weight is 322 g/mol. The number of hydrogen-bond donors (Lipinski definition) is 0. The van der Waals surface area contributed by atoms with Gasteiger partial charge in [0.15, 0.2) is 0 Å². The molecule has 7 nitrogen and oxygen atoms in total. The van der Waals surface area contributed by atoms with Crippen molar-refractivity contribution in [1.29, 1.82) is 0 Å². The van der Waals surface area contributed by atoms with E-state index in [0.717, 1.165) is 0 Å². The van der Waals surface area contributed by atoms with Gasteiger partial charge >= 0.3 is 6.09 Å². The lowest BCUT2D eigenvalue weighted by Crippen LogP contribution is -2.37.